The lowest BCUT2D eigenvalue weighted by Gasteiger charge is -2.23. The number of nitriles is 1. The number of aryl methyl sites for hydroxylation is 2. The lowest BCUT2D eigenvalue weighted by Crippen LogP contribution is -2.26. The van der Waals surface area contributed by atoms with E-state index in [9.17, 15) is 4.39 Å². The predicted molar refractivity (Wildman–Crippen MR) is 87.7 cm³/mol. The zero-order chi connectivity index (χ0) is 17.3. The molecule has 1 aliphatic rings. The van der Waals surface area contributed by atoms with Crippen molar-refractivity contribution in [2.24, 2.45) is 0 Å². The van der Waals surface area contributed by atoms with Crippen LogP contribution in [0.2, 0.25) is 0 Å². The van der Waals surface area contributed by atoms with E-state index in [0.717, 1.165) is 23.6 Å². The van der Waals surface area contributed by atoms with Crippen molar-refractivity contribution in [3.8, 4) is 6.07 Å². The SMILES string of the molecule is CO[C@@H]1C[C@@H](c2nc(C)c(C)[nH]2)N(Cc2cccc(C#N)c2F)C1. The molecule has 1 aliphatic heterocycles. The molecule has 126 valence electrons. The Bertz CT molecular complexity index is 760. The summed E-state index contributed by atoms with van der Waals surface area (Å²) in [6.45, 7) is 5.09. The lowest BCUT2D eigenvalue weighted by molar-refractivity contribution is 0.107. The summed E-state index contributed by atoms with van der Waals surface area (Å²) in [7, 11) is 1.70. The summed E-state index contributed by atoms with van der Waals surface area (Å²) in [5.74, 6) is 0.452. The smallest absolute Gasteiger partial charge is 0.145 e. The van der Waals surface area contributed by atoms with Gasteiger partial charge in [-0.25, -0.2) is 9.37 Å². The summed E-state index contributed by atoms with van der Waals surface area (Å²) >= 11 is 0. The van der Waals surface area contributed by atoms with Gasteiger partial charge in [0, 0.05) is 31.5 Å². The van der Waals surface area contributed by atoms with Gasteiger partial charge in [0.15, 0.2) is 0 Å². The molecule has 2 atom stereocenters. The maximum absolute atomic E-state index is 14.4. The molecule has 6 heteroatoms. The number of H-pyrrole nitrogens is 1. The fourth-order valence-corrected chi connectivity index (χ4v) is 3.23. The monoisotopic (exact) mass is 328 g/mol. The molecule has 1 saturated heterocycles. The molecule has 1 N–H and O–H groups in total. The number of hydrogen-bond acceptors (Lipinski definition) is 4. The van der Waals surface area contributed by atoms with Crippen LogP contribution >= 0.6 is 0 Å². The second-order valence-corrected chi connectivity index (χ2v) is 6.26. The van der Waals surface area contributed by atoms with Crippen LogP contribution in [0.25, 0.3) is 0 Å². The summed E-state index contributed by atoms with van der Waals surface area (Å²) in [4.78, 5) is 10.1. The standard InChI is InChI=1S/C18H21FN4O/c1-11-12(2)22-18(21-11)16-7-15(24-3)10-23(16)9-14-6-4-5-13(8-20)17(14)19/h4-6,15-16H,7,9-10H2,1-3H3,(H,21,22)/t15-,16+/m1/s1. The molecule has 1 aromatic carbocycles. The van der Waals surface area contributed by atoms with Crippen LogP contribution in [0.4, 0.5) is 4.39 Å². The minimum atomic E-state index is -0.438. The molecule has 1 fully saturated rings. The van der Waals surface area contributed by atoms with Crippen molar-refractivity contribution < 1.29 is 9.13 Å². The normalized spacial score (nSPS) is 21.1. The van der Waals surface area contributed by atoms with Crippen LogP contribution in [0.3, 0.4) is 0 Å². The highest BCUT2D eigenvalue weighted by Gasteiger charge is 2.35. The van der Waals surface area contributed by atoms with E-state index in [4.69, 9.17) is 10.00 Å². The highest BCUT2D eigenvalue weighted by molar-refractivity contribution is 5.35. The summed E-state index contributed by atoms with van der Waals surface area (Å²) in [5, 5.41) is 9.01. The van der Waals surface area contributed by atoms with E-state index in [0.29, 0.717) is 18.7 Å². The summed E-state index contributed by atoms with van der Waals surface area (Å²) < 4.78 is 19.9. The van der Waals surface area contributed by atoms with Crippen molar-refractivity contribution in [1.82, 2.24) is 14.9 Å². The van der Waals surface area contributed by atoms with Crippen LogP contribution in [0.5, 0.6) is 0 Å². The van der Waals surface area contributed by atoms with Crippen molar-refractivity contribution in [3.05, 3.63) is 52.4 Å². The summed E-state index contributed by atoms with van der Waals surface area (Å²) in [6.07, 6.45) is 0.894. The van der Waals surface area contributed by atoms with Crippen LogP contribution in [-0.4, -0.2) is 34.6 Å². The maximum atomic E-state index is 14.4. The zero-order valence-corrected chi connectivity index (χ0v) is 14.1. The van der Waals surface area contributed by atoms with Gasteiger partial charge in [0.2, 0.25) is 0 Å². The third kappa shape index (κ3) is 3.05. The molecule has 0 aliphatic carbocycles. The number of aromatic nitrogens is 2. The first kappa shape index (κ1) is 16.6. The second-order valence-electron chi connectivity index (χ2n) is 6.26. The highest BCUT2D eigenvalue weighted by Crippen LogP contribution is 2.34. The van der Waals surface area contributed by atoms with Crippen molar-refractivity contribution in [2.45, 2.75) is 39.0 Å². The predicted octanol–water partition coefficient (Wildman–Crippen LogP) is 3.00. The molecule has 24 heavy (non-hydrogen) atoms. The van der Waals surface area contributed by atoms with Gasteiger partial charge in [-0.1, -0.05) is 12.1 Å². The van der Waals surface area contributed by atoms with E-state index in [1.54, 1.807) is 19.2 Å². The molecular weight excluding hydrogens is 307 g/mol. The molecule has 2 heterocycles. The van der Waals surface area contributed by atoms with Gasteiger partial charge in [0.05, 0.1) is 23.4 Å². The lowest BCUT2D eigenvalue weighted by atomic mass is 10.1. The van der Waals surface area contributed by atoms with Gasteiger partial charge in [-0.05, 0) is 26.3 Å². The Balaban J connectivity index is 1.88. The Kier molecular flexibility index (Phi) is 4.65. The Hall–Kier alpha value is -2.23. The zero-order valence-electron chi connectivity index (χ0n) is 14.1. The van der Waals surface area contributed by atoms with Crippen molar-refractivity contribution >= 4 is 0 Å². The number of halogens is 1. The largest absolute Gasteiger partial charge is 0.380 e. The molecule has 5 nitrogen and oxygen atoms in total. The third-order valence-electron chi connectivity index (χ3n) is 4.73. The third-order valence-corrected chi connectivity index (χ3v) is 4.73. The van der Waals surface area contributed by atoms with Crippen molar-refractivity contribution in [3.63, 3.8) is 0 Å². The fraction of sp³-hybridized carbons (Fsp3) is 0.444. The number of hydrogen-bond donors (Lipinski definition) is 1. The molecular formula is C18H21FN4O. The number of likely N-dealkylation sites (tertiary alicyclic amines) is 1. The molecule has 0 saturated carbocycles. The van der Waals surface area contributed by atoms with Crippen molar-refractivity contribution in [2.75, 3.05) is 13.7 Å². The Labute approximate surface area is 141 Å². The first-order valence-corrected chi connectivity index (χ1v) is 8.01. The molecule has 0 bridgehead atoms. The van der Waals surface area contributed by atoms with Crippen LogP contribution in [0.15, 0.2) is 18.2 Å². The van der Waals surface area contributed by atoms with Gasteiger partial charge < -0.3 is 9.72 Å². The molecule has 0 radical (unpaired) electrons. The van der Waals surface area contributed by atoms with Crippen LogP contribution in [-0.2, 0) is 11.3 Å². The average molecular weight is 328 g/mol. The van der Waals surface area contributed by atoms with E-state index < -0.39 is 5.82 Å². The number of nitrogens with one attached hydrogen (secondary N) is 1. The number of rotatable bonds is 4. The second kappa shape index (κ2) is 6.71. The van der Waals surface area contributed by atoms with Crippen LogP contribution in [0, 0.1) is 31.0 Å². The van der Waals surface area contributed by atoms with E-state index in [1.165, 1.54) is 6.07 Å². The molecule has 0 amide bonds. The van der Waals surface area contributed by atoms with Crippen LogP contribution < -0.4 is 0 Å². The minimum Gasteiger partial charge on any atom is -0.380 e. The quantitative estimate of drug-likeness (QED) is 0.937. The number of nitrogens with zero attached hydrogens (tertiary/aromatic N) is 3. The minimum absolute atomic E-state index is 0.0486. The van der Waals surface area contributed by atoms with Gasteiger partial charge in [-0.2, -0.15) is 5.26 Å². The summed E-state index contributed by atoms with van der Waals surface area (Å²) in [6, 6.07) is 6.89. The van der Waals surface area contributed by atoms with Gasteiger partial charge in [0.1, 0.15) is 17.7 Å². The molecule has 2 aromatic rings. The van der Waals surface area contributed by atoms with E-state index in [2.05, 4.69) is 14.9 Å². The van der Waals surface area contributed by atoms with Crippen molar-refractivity contribution in [1.29, 1.82) is 5.26 Å². The molecule has 0 unspecified atom stereocenters. The van der Waals surface area contributed by atoms with Gasteiger partial charge >= 0.3 is 0 Å². The Morgan fingerprint density at radius 3 is 2.88 bits per heavy atom. The van der Waals surface area contributed by atoms with Gasteiger partial charge in [-0.15, -0.1) is 0 Å². The molecule has 0 spiro atoms. The van der Waals surface area contributed by atoms with E-state index in [1.807, 2.05) is 19.9 Å². The Morgan fingerprint density at radius 1 is 1.46 bits per heavy atom. The fourth-order valence-electron chi connectivity index (χ4n) is 3.23. The Morgan fingerprint density at radius 2 is 2.25 bits per heavy atom. The van der Waals surface area contributed by atoms with Gasteiger partial charge in [-0.3, -0.25) is 4.90 Å². The van der Waals surface area contributed by atoms with E-state index in [-0.39, 0.29) is 17.7 Å². The molecule has 1 aromatic heterocycles. The summed E-state index contributed by atoms with van der Waals surface area (Å²) in [5.41, 5.74) is 2.62. The van der Waals surface area contributed by atoms with E-state index >= 15 is 0 Å². The maximum Gasteiger partial charge on any atom is 0.145 e. The van der Waals surface area contributed by atoms with Crippen LogP contribution in [0.1, 0.15) is 40.8 Å². The molecule has 3 rings (SSSR count). The first-order chi connectivity index (χ1) is 11.5. The number of aromatic amines is 1. The number of ether oxygens (including phenoxy) is 1. The number of imidazole rings is 1. The highest BCUT2D eigenvalue weighted by atomic mass is 19.1. The number of methoxy groups -OCH3 is 1. The average Bonchev–Trinajstić information content (AvgIpc) is 3.13. The first-order valence-electron chi connectivity index (χ1n) is 8.01. The number of benzene rings is 1. The topological polar surface area (TPSA) is 64.9 Å². The van der Waals surface area contributed by atoms with Gasteiger partial charge in [0.25, 0.3) is 0 Å².